The summed E-state index contributed by atoms with van der Waals surface area (Å²) < 4.78 is 0. The number of nitrogens with one attached hydrogen (secondary N) is 1. The van der Waals surface area contributed by atoms with E-state index in [0.29, 0.717) is 11.1 Å². The van der Waals surface area contributed by atoms with Crippen molar-refractivity contribution in [3.8, 4) is 0 Å². The first-order valence-corrected chi connectivity index (χ1v) is 8.16. The number of benzene rings is 1. The molecule has 1 saturated heterocycles. The highest BCUT2D eigenvalue weighted by Crippen LogP contribution is 2.41. The van der Waals surface area contributed by atoms with E-state index < -0.39 is 0 Å². The van der Waals surface area contributed by atoms with Crippen LogP contribution in [0, 0.1) is 5.92 Å². The molecular formula is C16H22Cl2N2. The maximum absolute atomic E-state index is 6.32. The van der Waals surface area contributed by atoms with Gasteiger partial charge in [0.25, 0.3) is 0 Å². The molecule has 0 aromatic heterocycles. The van der Waals surface area contributed by atoms with Gasteiger partial charge >= 0.3 is 0 Å². The lowest BCUT2D eigenvalue weighted by atomic mass is 9.91. The van der Waals surface area contributed by atoms with Crippen LogP contribution in [0.3, 0.4) is 0 Å². The summed E-state index contributed by atoms with van der Waals surface area (Å²) >= 11 is 12.3. The largest absolute Gasteiger partial charge is 0.308 e. The first-order chi connectivity index (χ1) is 9.48. The molecule has 110 valence electrons. The summed E-state index contributed by atoms with van der Waals surface area (Å²) in [4.78, 5) is 2.55. The lowest BCUT2D eigenvalue weighted by Crippen LogP contribution is -2.62. The quantitative estimate of drug-likeness (QED) is 0.909. The van der Waals surface area contributed by atoms with Crippen molar-refractivity contribution in [1.29, 1.82) is 0 Å². The van der Waals surface area contributed by atoms with Gasteiger partial charge in [0, 0.05) is 41.3 Å². The fourth-order valence-electron chi connectivity index (χ4n) is 3.22. The molecule has 1 heterocycles. The summed E-state index contributed by atoms with van der Waals surface area (Å²) in [6.45, 7) is 7.70. The zero-order chi connectivity index (χ0) is 14.3. The Balaban J connectivity index is 1.74. The van der Waals surface area contributed by atoms with Gasteiger partial charge in [0.2, 0.25) is 0 Å². The molecule has 20 heavy (non-hydrogen) atoms. The number of rotatable bonds is 3. The second-order valence-corrected chi connectivity index (χ2v) is 7.41. The van der Waals surface area contributed by atoms with Gasteiger partial charge in [0.15, 0.2) is 0 Å². The van der Waals surface area contributed by atoms with Crippen molar-refractivity contribution in [2.24, 2.45) is 5.92 Å². The number of halogens is 2. The van der Waals surface area contributed by atoms with Crippen molar-refractivity contribution in [3.63, 3.8) is 0 Å². The smallest absolute Gasteiger partial charge is 0.0465 e. The number of piperazine rings is 1. The van der Waals surface area contributed by atoms with Gasteiger partial charge < -0.3 is 5.32 Å². The molecule has 0 amide bonds. The highest BCUT2D eigenvalue weighted by atomic mass is 35.5. The van der Waals surface area contributed by atoms with Gasteiger partial charge in [0.05, 0.1) is 0 Å². The predicted molar refractivity (Wildman–Crippen MR) is 85.5 cm³/mol. The average molecular weight is 313 g/mol. The Morgan fingerprint density at radius 1 is 1.35 bits per heavy atom. The Kier molecular flexibility index (Phi) is 4.02. The Bertz CT molecular complexity index is 501. The van der Waals surface area contributed by atoms with Crippen molar-refractivity contribution in [2.75, 3.05) is 13.1 Å². The van der Waals surface area contributed by atoms with Crippen molar-refractivity contribution < 1.29 is 0 Å². The van der Waals surface area contributed by atoms with Gasteiger partial charge in [-0.1, -0.05) is 29.3 Å². The van der Waals surface area contributed by atoms with E-state index in [-0.39, 0.29) is 5.54 Å². The molecule has 2 unspecified atom stereocenters. The average Bonchev–Trinajstić information content (AvgIpc) is 3.22. The van der Waals surface area contributed by atoms with Crippen molar-refractivity contribution in [3.05, 3.63) is 33.8 Å². The third-order valence-corrected chi connectivity index (χ3v) is 5.41. The van der Waals surface area contributed by atoms with E-state index in [1.807, 2.05) is 18.2 Å². The van der Waals surface area contributed by atoms with E-state index in [1.165, 1.54) is 18.4 Å². The zero-order valence-electron chi connectivity index (χ0n) is 12.1. The SMILES string of the molecule is CC1CNC(C)(C2CC2)CN1Cc1ccc(Cl)cc1Cl. The summed E-state index contributed by atoms with van der Waals surface area (Å²) in [5.41, 5.74) is 1.44. The van der Waals surface area contributed by atoms with Crippen LogP contribution in [0.25, 0.3) is 0 Å². The molecule has 2 fully saturated rings. The molecule has 1 aromatic rings. The van der Waals surface area contributed by atoms with Gasteiger partial charge in [-0.2, -0.15) is 0 Å². The van der Waals surface area contributed by atoms with Gasteiger partial charge in [0.1, 0.15) is 0 Å². The molecule has 3 rings (SSSR count). The molecule has 1 aromatic carbocycles. The van der Waals surface area contributed by atoms with Gasteiger partial charge in [-0.25, -0.2) is 0 Å². The van der Waals surface area contributed by atoms with Crippen LogP contribution in [0.2, 0.25) is 10.0 Å². The Morgan fingerprint density at radius 3 is 2.75 bits per heavy atom. The molecule has 1 aliphatic carbocycles. The van der Waals surface area contributed by atoms with Gasteiger partial charge in [-0.3, -0.25) is 4.90 Å². The van der Waals surface area contributed by atoms with E-state index in [0.717, 1.165) is 30.6 Å². The van der Waals surface area contributed by atoms with Crippen molar-refractivity contribution in [1.82, 2.24) is 10.2 Å². The van der Waals surface area contributed by atoms with Crippen LogP contribution in [0.15, 0.2) is 18.2 Å². The molecule has 1 saturated carbocycles. The molecule has 0 spiro atoms. The molecular weight excluding hydrogens is 291 g/mol. The van der Waals surface area contributed by atoms with E-state index in [4.69, 9.17) is 23.2 Å². The normalized spacial score (nSPS) is 31.5. The highest BCUT2D eigenvalue weighted by molar-refractivity contribution is 6.35. The minimum atomic E-state index is 0.269. The molecule has 2 aliphatic rings. The lowest BCUT2D eigenvalue weighted by molar-refractivity contribution is 0.0770. The van der Waals surface area contributed by atoms with Crippen LogP contribution < -0.4 is 5.32 Å². The van der Waals surface area contributed by atoms with Gasteiger partial charge in [-0.15, -0.1) is 0 Å². The highest BCUT2D eigenvalue weighted by Gasteiger charge is 2.45. The summed E-state index contributed by atoms with van der Waals surface area (Å²) in [6.07, 6.45) is 2.74. The van der Waals surface area contributed by atoms with Crippen LogP contribution in [-0.2, 0) is 6.54 Å². The lowest BCUT2D eigenvalue weighted by Gasteiger charge is -2.45. The minimum Gasteiger partial charge on any atom is -0.308 e. The molecule has 2 atom stereocenters. The molecule has 0 radical (unpaired) electrons. The van der Waals surface area contributed by atoms with Gasteiger partial charge in [-0.05, 0) is 50.3 Å². The minimum absolute atomic E-state index is 0.269. The van der Waals surface area contributed by atoms with E-state index in [9.17, 15) is 0 Å². The topological polar surface area (TPSA) is 15.3 Å². The molecule has 1 N–H and O–H groups in total. The Morgan fingerprint density at radius 2 is 2.10 bits per heavy atom. The summed E-state index contributed by atoms with van der Waals surface area (Å²) in [5.74, 6) is 0.846. The maximum Gasteiger partial charge on any atom is 0.0465 e. The first-order valence-electron chi connectivity index (χ1n) is 7.41. The zero-order valence-corrected chi connectivity index (χ0v) is 13.6. The molecule has 0 bridgehead atoms. The monoisotopic (exact) mass is 312 g/mol. The second-order valence-electron chi connectivity index (χ2n) is 6.56. The maximum atomic E-state index is 6.32. The summed E-state index contributed by atoms with van der Waals surface area (Å²) in [7, 11) is 0. The number of hydrogen-bond donors (Lipinski definition) is 1. The Hall–Kier alpha value is -0.280. The molecule has 4 heteroatoms. The summed E-state index contributed by atoms with van der Waals surface area (Å²) in [5, 5.41) is 5.23. The molecule has 1 aliphatic heterocycles. The fraction of sp³-hybridized carbons (Fsp3) is 0.625. The van der Waals surface area contributed by atoms with Crippen molar-refractivity contribution >= 4 is 23.2 Å². The van der Waals surface area contributed by atoms with E-state index in [1.54, 1.807) is 0 Å². The summed E-state index contributed by atoms with van der Waals surface area (Å²) in [6, 6.07) is 6.35. The second kappa shape index (κ2) is 5.49. The van der Waals surface area contributed by atoms with Crippen LogP contribution in [-0.4, -0.2) is 29.6 Å². The molecule has 2 nitrogen and oxygen atoms in total. The standard InChI is InChI=1S/C16H22Cl2N2/c1-11-8-19-16(2,13-4-5-13)10-20(11)9-12-3-6-14(17)7-15(12)18/h3,6-7,11,13,19H,4-5,8-10H2,1-2H3. The Labute approximate surface area is 131 Å². The van der Waals surface area contributed by atoms with Crippen LogP contribution in [0.1, 0.15) is 32.3 Å². The third-order valence-electron chi connectivity index (χ3n) is 4.82. The predicted octanol–water partition coefficient (Wildman–Crippen LogP) is 3.96. The van der Waals surface area contributed by atoms with Crippen LogP contribution in [0.5, 0.6) is 0 Å². The van der Waals surface area contributed by atoms with E-state index >= 15 is 0 Å². The first kappa shape index (κ1) is 14.6. The third kappa shape index (κ3) is 2.99. The van der Waals surface area contributed by atoms with E-state index in [2.05, 4.69) is 24.1 Å². The number of nitrogens with zero attached hydrogens (tertiary/aromatic N) is 1. The number of hydrogen-bond acceptors (Lipinski definition) is 2. The van der Waals surface area contributed by atoms with Crippen molar-refractivity contribution in [2.45, 2.75) is 44.8 Å². The van der Waals surface area contributed by atoms with Crippen LogP contribution in [0.4, 0.5) is 0 Å². The van der Waals surface area contributed by atoms with Crippen LogP contribution >= 0.6 is 23.2 Å². The fourth-order valence-corrected chi connectivity index (χ4v) is 3.69.